The maximum atomic E-state index is 5.05. The molecule has 1 aromatic heterocycles. The fourth-order valence-electron chi connectivity index (χ4n) is 2.43. The second-order valence-corrected chi connectivity index (χ2v) is 4.95. The highest BCUT2D eigenvalue weighted by Gasteiger charge is 2.15. The van der Waals surface area contributed by atoms with Crippen LogP contribution in [0.3, 0.4) is 0 Å². The number of hydrogen-bond donors (Lipinski definition) is 1. The van der Waals surface area contributed by atoms with Crippen molar-refractivity contribution in [3.05, 3.63) is 17.5 Å². The Morgan fingerprint density at radius 2 is 2.05 bits per heavy atom. The zero-order valence-electron chi connectivity index (χ0n) is 12.9. The van der Waals surface area contributed by atoms with Crippen LogP contribution in [0.15, 0.2) is 6.20 Å². The first-order chi connectivity index (χ1) is 9.28. The Morgan fingerprint density at radius 3 is 2.63 bits per heavy atom. The van der Waals surface area contributed by atoms with Gasteiger partial charge in [-0.2, -0.15) is 5.10 Å². The van der Waals surface area contributed by atoms with Gasteiger partial charge in [-0.15, -0.1) is 0 Å². The molecule has 0 spiro atoms. The molecule has 0 atom stereocenters. The summed E-state index contributed by atoms with van der Waals surface area (Å²) in [6.45, 7) is 9.23. The maximum absolute atomic E-state index is 5.05. The number of nitrogens with zero attached hydrogens (tertiary/aromatic N) is 2. The Kier molecular flexibility index (Phi) is 7.75. The summed E-state index contributed by atoms with van der Waals surface area (Å²) in [5.41, 5.74) is 2.74. The number of rotatable bonds is 10. The normalized spacial score (nSPS) is 11.4. The van der Waals surface area contributed by atoms with E-state index in [9.17, 15) is 0 Å². The zero-order chi connectivity index (χ0) is 14.1. The predicted octanol–water partition coefficient (Wildman–Crippen LogP) is 2.93. The molecule has 0 saturated carbocycles. The number of hydrogen-bond acceptors (Lipinski definition) is 3. The van der Waals surface area contributed by atoms with Gasteiger partial charge in [0.05, 0.1) is 18.8 Å². The molecule has 0 saturated heterocycles. The third kappa shape index (κ3) is 4.62. The molecule has 1 rings (SSSR count). The van der Waals surface area contributed by atoms with Gasteiger partial charge in [0, 0.05) is 31.5 Å². The van der Waals surface area contributed by atoms with E-state index >= 15 is 0 Å². The van der Waals surface area contributed by atoms with Crippen LogP contribution in [0.4, 0.5) is 0 Å². The van der Waals surface area contributed by atoms with Gasteiger partial charge in [0.1, 0.15) is 0 Å². The molecule has 0 aliphatic carbocycles. The van der Waals surface area contributed by atoms with Crippen molar-refractivity contribution >= 4 is 0 Å². The first-order valence-electron chi connectivity index (χ1n) is 7.53. The van der Waals surface area contributed by atoms with Gasteiger partial charge in [-0.25, -0.2) is 0 Å². The highest BCUT2D eigenvalue weighted by molar-refractivity contribution is 5.18. The molecule has 0 aliphatic rings. The van der Waals surface area contributed by atoms with Gasteiger partial charge in [0.15, 0.2) is 0 Å². The van der Waals surface area contributed by atoms with Gasteiger partial charge in [-0.05, 0) is 19.3 Å². The Morgan fingerprint density at radius 1 is 1.32 bits per heavy atom. The highest BCUT2D eigenvalue weighted by atomic mass is 16.5. The molecule has 0 unspecified atom stereocenters. The average Bonchev–Trinajstić information content (AvgIpc) is 2.81. The van der Waals surface area contributed by atoms with E-state index in [4.69, 9.17) is 4.74 Å². The summed E-state index contributed by atoms with van der Waals surface area (Å²) in [5.74, 6) is 0. The summed E-state index contributed by atoms with van der Waals surface area (Å²) in [6.07, 6.45) is 6.59. The molecule has 4 heteroatoms. The lowest BCUT2D eigenvalue weighted by Gasteiger charge is -2.17. The van der Waals surface area contributed by atoms with Crippen LogP contribution in [0.25, 0.3) is 0 Å². The third-order valence-electron chi connectivity index (χ3n) is 3.56. The van der Waals surface area contributed by atoms with E-state index in [0.717, 1.165) is 45.4 Å². The number of methoxy groups -OCH3 is 1. The van der Waals surface area contributed by atoms with Crippen LogP contribution in [-0.4, -0.2) is 30.0 Å². The van der Waals surface area contributed by atoms with E-state index in [2.05, 4.69) is 35.9 Å². The molecular weight excluding hydrogens is 238 g/mol. The van der Waals surface area contributed by atoms with E-state index in [-0.39, 0.29) is 0 Å². The van der Waals surface area contributed by atoms with Crippen molar-refractivity contribution in [1.29, 1.82) is 0 Å². The summed E-state index contributed by atoms with van der Waals surface area (Å²) in [4.78, 5) is 0. The largest absolute Gasteiger partial charge is 0.383 e. The molecule has 1 aromatic rings. The number of aromatic nitrogens is 2. The Balaban J connectivity index is 2.74. The highest BCUT2D eigenvalue weighted by Crippen LogP contribution is 2.21. The number of nitrogens with one attached hydrogen (secondary N) is 1. The van der Waals surface area contributed by atoms with Crippen LogP contribution in [0.5, 0.6) is 0 Å². The predicted molar refractivity (Wildman–Crippen MR) is 79.4 cm³/mol. The lowest BCUT2D eigenvalue weighted by molar-refractivity contribution is 0.199. The molecule has 0 fully saturated rings. The van der Waals surface area contributed by atoms with Crippen LogP contribution in [0.1, 0.15) is 57.3 Å². The second-order valence-electron chi connectivity index (χ2n) is 4.95. The molecule has 1 N–H and O–H groups in total. The lowest BCUT2D eigenvalue weighted by Crippen LogP contribution is -2.20. The molecular formula is C15H29N3O. The van der Waals surface area contributed by atoms with Gasteiger partial charge >= 0.3 is 0 Å². The maximum Gasteiger partial charge on any atom is 0.0587 e. The summed E-state index contributed by atoms with van der Waals surface area (Å²) < 4.78 is 7.30. The minimum atomic E-state index is 0.536. The molecule has 0 radical (unpaired) electrons. The molecule has 0 amide bonds. The van der Waals surface area contributed by atoms with Crippen LogP contribution >= 0.6 is 0 Å². The van der Waals surface area contributed by atoms with E-state index in [1.54, 1.807) is 7.11 Å². The Hall–Kier alpha value is -0.870. The van der Waals surface area contributed by atoms with Crippen molar-refractivity contribution in [3.63, 3.8) is 0 Å². The first kappa shape index (κ1) is 16.2. The fourth-order valence-corrected chi connectivity index (χ4v) is 2.43. The molecule has 0 aliphatic heterocycles. The summed E-state index contributed by atoms with van der Waals surface area (Å²) >= 11 is 0. The van der Waals surface area contributed by atoms with Gasteiger partial charge in [0.25, 0.3) is 0 Å². The van der Waals surface area contributed by atoms with E-state index < -0.39 is 0 Å². The Bertz CT molecular complexity index is 345. The topological polar surface area (TPSA) is 39.1 Å². The van der Waals surface area contributed by atoms with Gasteiger partial charge < -0.3 is 10.1 Å². The summed E-state index contributed by atoms with van der Waals surface area (Å²) in [5, 5.41) is 8.03. The lowest BCUT2D eigenvalue weighted by atomic mass is 10.1. The van der Waals surface area contributed by atoms with Crippen molar-refractivity contribution in [3.8, 4) is 0 Å². The molecule has 1 heterocycles. The average molecular weight is 267 g/mol. The SMILES string of the molecule is CCCc1c(CNCCOC)cnn1C(CC)CC. The summed E-state index contributed by atoms with van der Waals surface area (Å²) in [7, 11) is 1.73. The monoisotopic (exact) mass is 267 g/mol. The van der Waals surface area contributed by atoms with Crippen LogP contribution in [-0.2, 0) is 17.7 Å². The zero-order valence-corrected chi connectivity index (χ0v) is 12.9. The van der Waals surface area contributed by atoms with Gasteiger partial charge in [-0.1, -0.05) is 27.2 Å². The minimum Gasteiger partial charge on any atom is -0.383 e. The third-order valence-corrected chi connectivity index (χ3v) is 3.56. The second kappa shape index (κ2) is 9.10. The van der Waals surface area contributed by atoms with Crippen LogP contribution < -0.4 is 5.32 Å². The smallest absolute Gasteiger partial charge is 0.0587 e. The van der Waals surface area contributed by atoms with E-state index in [1.807, 2.05) is 6.20 Å². The fraction of sp³-hybridized carbons (Fsp3) is 0.800. The molecule has 0 bridgehead atoms. The first-order valence-corrected chi connectivity index (χ1v) is 7.53. The van der Waals surface area contributed by atoms with Crippen LogP contribution in [0.2, 0.25) is 0 Å². The Labute approximate surface area is 117 Å². The van der Waals surface area contributed by atoms with Gasteiger partial charge in [-0.3, -0.25) is 4.68 Å². The van der Waals surface area contributed by atoms with Crippen molar-refractivity contribution < 1.29 is 4.74 Å². The quantitative estimate of drug-likeness (QED) is 0.662. The minimum absolute atomic E-state index is 0.536. The molecule has 19 heavy (non-hydrogen) atoms. The van der Waals surface area contributed by atoms with E-state index in [1.165, 1.54) is 11.3 Å². The van der Waals surface area contributed by atoms with Crippen molar-refractivity contribution in [2.24, 2.45) is 0 Å². The standard InChI is InChI=1S/C15H29N3O/c1-5-8-15-13(11-16-9-10-19-4)12-17-18(15)14(6-2)7-3/h12,14,16H,5-11H2,1-4H3. The molecule has 0 aromatic carbocycles. The van der Waals surface area contributed by atoms with Crippen LogP contribution in [0, 0.1) is 0 Å². The van der Waals surface area contributed by atoms with Crippen molar-refractivity contribution in [2.75, 3.05) is 20.3 Å². The van der Waals surface area contributed by atoms with E-state index in [0.29, 0.717) is 6.04 Å². The molecule has 4 nitrogen and oxygen atoms in total. The van der Waals surface area contributed by atoms with Crippen molar-refractivity contribution in [2.45, 2.75) is 59.0 Å². The van der Waals surface area contributed by atoms with Gasteiger partial charge in [0.2, 0.25) is 0 Å². The molecule has 110 valence electrons. The van der Waals surface area contributed by atoms with Crippen molar-refractivity contribution in [1.82, 2.24) is 15.1 Å². The number of ether oxygens (including phenoxy) is 1. The summed E-state index contributed by atoms with van der Waals surface area (Å²) in [6, 6.07) is 0.536.